The maximum Gasteiger partial charge on any atom is 0.223 e. The molecular formula is C16H23N5O. The Bertz CT molecular complexity index is 685. The van der Waals surface area contributed by atoms with E-state index in [1.807, 2.05) is 31.5 Å². The molecule has 118 valence electrons. The molecule has 6 heteroatoms. The number of carbonyl (C=O) groups excluding carboxylic acids is 1. The second kappa shape index (κ2) is 5.94. The van der Waals surface area contributed by atoms with E-state index in [2.05, 4.69) is 20.4 Å². The summed E-state index contributed by atoms with van der Waals surface area (Å²) >= 11 is 0. The van der Waals surface area contributed by atoms with E-state index >= 15 is 0 Å². The average Bonchev–Trinajstić information content (AvgIpc) is 2.99. The summed E-state index contributed by atoms with van der Waals surface area (Å²) in [7, 11) is 0. The van der Waals surface area contributed by atoms with Crippen LogP contribution in [0.2, 0.25) is 0 Å². The quantitative estimate of drug-likeness (QED) is 0.897. The van der Waals surface area contributed by atoms with E-state index in [1.165, 1.54) is 0 Å². The van der Waals surface area contributed by atoms with Crippen LogP contribution in [0.1, 0.15) is 35.0 Å². The Hall–Kier alpha value is -2.11. The van der Waals surface area contributed by atoms with Gasteiger partial charge in [0.15, 0.2) is 0 Å². The molecule has 3 rings (SSSR count). The van der Waals surface area contributed by atoms with Crippen LogP contribution in [0.15, 0.2) is 6.07 Å². The Labute approximate surface area is 130 Å². The van der Waals surface area contributed by atoms with Crippen LogP contribution >= 0.6 is 0 Å². The molecule has 1 aliphatic carbocycles. The lowest BCUT2D eigenvalue weighted by Gasteiger charge is -2.20. The van der Waals surface area contributed by atoms with Gasteiger partial charge >= 0.3 is 0 Å². The van der Waals surface area contributed by atoms with Crippen molar-refractivity contribution in [3.63, 3.8) is 0 Å². The first-order valence-electron chi connectivity index (χ1n) is 7.86. The summed E-state index contributed by atoms with van der Waals surface area (Å²) in [5.41, 5.74) is 4.40. The van der Waals surface area contributed by atoms with Crippen LogP contribution in [0.25, 0.3) is 0 Å². The highest BCUT2D eigenvalue weighted by molar-refractivity contribution is 5.79. The SMILES string of the molecule is Cc1cc(C)n(CCNC(=O)C2CCc3nc(C)[nH]c3C2)n1. The van der Waals surface area contributed by atoms with Gasteiger partial charge in [0.05, 0.1) is 17.9 Å². The molecule has 2 N–H and O–H groups in total. The fraction of sp³-hybridized carbons (Fsp3) is 0.562. The van der Waals surface area contributed by atoms with Crippen LogP contribution in [-0.4, -0.2) is 32.2 Å². The third-order valence-electron chi connectivity index (χ3n) is 4.26. The third-order valence-corrected chi connectivity index (χ3v) is 4.26. The van der Waals surface area contributed by atoms with Crippen molar-refractivity contribution in [2.75, 3.05) is 6.54 Å². The zero-order chi connectivity index (χ0) is 15.7. The van der Waals surface area contributed by atoms with Gasteiger partial charge in [-0.1, -0.05) is 0 Å². The largest absolute Gasteiger partial charge is 0.354 e. The zero-order valence-electron chi connectivity index (χ0n) is 13.4. The van der Waals surface area contributed by atoms with Crippen LogP contribution < -0.4 is 5.32 Å². The zero-order valence-corrected chi connectivity index (χ0v) is 13.4. The van der Waals surface area contributed by atoms with Gasteiger partial charge in [0, 0.05) is 30.3 Å². The summed E-state index contributed by atoms with van der Waals surface area (Å²) in [5, 5.41) is 7.45. The number of aromatic amines is 1. The molecule has 0 saturated heterocycles. The number of aromatic nitrogens is 4. The van der Waals surface area contributed by atoms with E-state index in [0.29, 0.717) is 13.1 Å². The van der Waals surface area contributed by atoms with Crippen LogP contribution in [0.5, 0.6) is 0 Å². The van der Waals surface area contributed by atoms with Crippen LogP contribution in [-0.2, 0) is 24.2 Å². The maximum absolute atomic E-state index is 12.3. The summed E-state index contributed by atoms with van der Waals surface area (Å²) in [6.07, 6.45) is 2.53. The van der Waals surface area contributed by atoms with Crippen molar-refractivity contribution < 1.29 is 4.79 Å². The highest BCUT2D eigenvalue weighted by Crippen LogP contribution is 2.23. The lowest BCUT2D eigenvalue weighted by atomic mass is 9.89. The fourth-order valence-electron chi connectivity index (χ4n) is 3.18. The van der Waals surface area contributed by atoms with Crippen molar-refractivity contribution in [3.05, 3.63) is 34.7 Å². The number of rotatable bonds is 4. The molecule has 0 aliphatic heterocycles. The first-order valence-corrected chi connectivity index (χ1v) is 7.86. The first kappa shape index (κ1) is 14.8. The number of carbonyl (C=O) groups is 1. The second-order valence-electron chi connectivity index (χ2n) is 6.13. The van der Waals surface area contributed by atoms with Crippen LogP contribution in [0.4, 0.5) is 0 Å². The third kappa shape index (κ3) is 3.05. The van der Waals surface area contributed by atoms with E-state index < -0.39 is 0 Å². The predicted octanol–water partition coefficient (Wildman–Crippen LogP) is 1.45. The number of nitrogens with one attached hydrogen (secondary N) is 2. The molecule has 2 heterocycles. The monoisotopic (exact) mass is 301 g/mol. The number of aryl methyl sites for hydroxylation is 4. The summed E-state index contributed by atoms with van der Waals surface area (Å²) in [5.74, 6) is 1.13. The van der Waals surface area contributed by atoms with E-state index in [0.717, 1.165) is 47.9 Å². The molecule has 0 bridgehead atoms. The summed E-state index contributed by atoms with van der Waals surface area (Å²) in [6.45, 7) is 7.31. The molecule has 6 nitrogen and oxygen atoms in total. The molecule has 1 unspecified atom stereocenters. The summed E-state index contributed by atoms with van der Waals surface area (Å²) < 4.78 is 1.94. The average molecular weight is 301 g/mol. The van der Waals surface area contributed by atoms with Gasteiger partial charge in [0.2, 0.25) is 5.91 Å². The van der Waals surface area contributed by atoms with Crippen molar-refractivity contribution >= 4 is 5.91 Å². The highest BCUT2D eigenvalue weighted by Gasteiger charge is 2.26. The van der Waals surface area contributed by atoms with E-state index in [4.69, 9.17) is 0 Å². The van der Waals surface area contributed by atoms with Gasteiger partial charge in [0.1, 0.15) is 5.82 Å². The normalized spacial score (nSPS) is 17.3. The number of hydrogen-bond donors (Lipinski definition) is 2. The molecule has 1 amide bonds. The minimum Gasteiger partial charge on any atom is -0.354 e. The van der Waals surface area contributed by atoms with Gasteiger partial charge in [-0.3, -0.25) is 9.48 Å². The van der Waals surface area contributed by atoms with Crippen molar-refractivity contribution in [3.8, 4) is 0 Å². The highest BCUT2D eigenvalue weighted by atomic mass is 16.1. The van der Waals surface area contributed by atoms with E-state index in [1.54, 1.807) is 0 Å². The van der Waals surface area contributed by atoms with Gasteiger partial charge in [0.25, 0.3) is 0 Å². The van der Waals surface area contributed by atoms with Crippen LogP contribution in [0, 0.1) is 26.7 Å². The van der Waals surface area contributed by atoms with Gasteiger partial charge in [-0.2, -0.15) is 5.10 Å². The molecule has 22 heavy (non-hydrogen) atoms. The number of hydrogen-bond acceptors (Lipinski definition) is 3. The first-order chi connectivity index (χ1) is 10.5. The molecule has 0 spiro atoms. The topological polar surface area (TPSA) is 75.6 Å². The Kier molecular flexibility index (Phi) is 4.00. The Balaban J connectivity index is 1.51. The molecule has 0 saturated carbocycles. The number of amides is 1. The van der Waals surface area contributed by atoms with Crippen molar-refractivity contribution in [1.82, 2.24) is 25.1 Å². The number of imidazole rings is 1. The lowest BCUT2D eigenvalue weighted by molar-refractivity contribution is -0.125. The molecule has 1 aliphatic rings. The molecule has 1 atom stereocenters. The van der Waals surface area contributed by atoms with Crippen LogP contribution in [0.3, 0.4) is 0 Å². The molecule has 0 radical (unpaired) electrons. The Morgan fingerprint density at radius 1 is 1.45 bits per heavy atom. The number of fused-ring (bicyclic) bond motifs is 1. The van der Waals surface area contributed by atoms with Crippen molar-refractivity contribution in [2.24, 2.45) is 5.92 Å². The minimum absolute atomic E-state index is 0.0489. The standard InChI is InChI=1S/C16H23N5O/c1-10-8-11(2)21(20-10)7-6-17-16(22)13-4-5-14-15(9-13)19-12(3)18-14/h8,13H,4-7,9H2,1-3H3,(H,17,22)(H,18,19). The van der Waals surface area contributed by atoms with Gasteiger partial charge < -0.3 is 10.3 Å². The Morgan fingerprint density at radius 2 is 2.27 bits per heavy atom. The smallest absolute Gasteiger partial charge is 0.223 e. The molecule has 2 aromatic rings. The van der Waals surface area contributed by atoms with Gasteiger partial charge in [-0.25, -0.2) is 4.98 Å². The van der Waals surface area contributed by atoms with Crippen molar-refractivity contribution in [1.29, 1.82) is 0 Å². The Morgan fingerprint density at radius 3 is 3.00 bits per heavy atom. The number of H-pyrrole nitrogens is 1. The fourth-order valence-corrected chi connectivity index (χ4v) is 3.18. The molecular weight excluding hydrogens is 278 g/mol. The van der Waals surface area contributed by atoms with E-state index in [9.17, 15) is 4.79 Å². The summed E-state index contributed by atoms with van der Waals surface area (Å²) in [6, 6.07) is 2.05. The molecule has 0 fully saturated rings. The van der Waals surface area contributed by atoms with Crippen molar-refractivity contribution in [2.45, 2.75) is 46.6 Å². The minimum atomic E-state index is 0.0489. The van der Waals surface area contributed by atoms with Gasteiger partial charge in [-0.05, 0) is 39.7 Å². The predicted molar refractivity (Wildman–Crippen MR) is 83.6 cm³/mol. The second-order valence-corrected chi connectivity index (χ2v) is 6.13. The maximum atomic E-state index is 12.3. The number of nitrogens with zero attached hydrogens (tertiary/aromatic N) is 3. The summed E-state index contributed by atoms with van der Waals surface area (Å²) in [4.78, 5) is 20.0. The molecule has 0 aromatic carbocycles. The lowest BCUT2D eigenvalue weighted by Crippen LogP contribution is -2.36. The van der Waals surface area contributed by atoms with E-state index in [-0.39, 0.29) is 11.8 Å². The molecule has 2 aromatic heterocycles. The van der Waals surface area contributed by atoms with Gasteiger partial charge in [-0.15, -0.1) is 0 Å².